The number of benzene rings is 2. The summed E-state index contributed by atoms with van der Waals surface area (Å²) in [4.78, 5) is 21.6. The predicted molar refractivity (Wildman–Crippen MR) is 111 cm³/mol. The van der Waals surface area contributed by atoms with E-state index in [1.54, 1.807) is 19.1 Å². The Morgan fingerprint density at radius 3 is 2.15 bits per heavy atom. The number of hydrogen-bond donors (Lipinski definition) is 0. The Bertz CT molecular complexity index is 1370. The predicted octanol–water partition coefficient (Wildman–Crippen LogP) is 3.46. The smallest absolute Gasteiger partial charge is 0.481 e. The summed E-state index contributed by atoms with van der Waals surface area (Å²) in [7, 11) is 2.81. The average Bonchev–Trinajstić information content (AvgIpc) is 2.78. The molecule has 33 heavy (non-hydrogen) atoms. The van der Waals surface area contributed by atoms with Crippen LogP contribution in [0.2, 0.25) is 0 Å². The van der Waals surface area contributed by atoms with Crippen LogP contribution in [-0.4, -0.2) is 45.5 Å². The highest BCUT2D eigenvalue weighted by Crippen LogP contribution is 2.30. The van der Waals surface area contributed by atoms with E-state index in [0.29, 0.717) is 22.2 Å². The lowest BCUT2D eigenvalue weighted by atomic mass is 9.97. The summed E-state index contributed by atoms with van der Waals surface area (Å²) in [5, 5.41) is 8.25. The van der Waals surface area contributed by atoms with E-state index in [0.717, 1.165) is 4.68 Å². The summed E-state index contributed by atoms with van der Waals surface area (Å²) >= 11 is 0. The van der Waals surface area contributed by atoms with Crippen molar-refractivity contribution in [1.82, 2.24) is 25.0 Å². The van der Waals surface area contributed by atoms with E-state index in [1.807, 2.05) is 0 Å². The Morgan fingerprint density at radius 2 is 1.58 bits per heavy atom. The number of aromatic nitrogens is 5. The zero-order valence-corrected chi connectivity index (χ0v) is 17.5. The van der Waals surface area contributed by atoms with Crippen LogP contribution in [0.4, 0.5) is 13.2 Å². The molecule has 0 aliphatic carbocycles. The summed E-state index contributed by atoms with van der Waals surface area (Å²) in [5.74, 6) is -0.110. The van der Waals surface area contributed by atoms with Gasteiger partial charge in [-0.25, -0.2) is 0 Å². The van der Waals surface area contributed by atoms with Gasteiger partial charge in [-0.3, -0.25) is 4.79 Å². The Labute approximate surface area is 184 Å². The fourth-order valence-corrected chi connectivity index (χ4v) is 3.27. The zero-order chi connectivity index (χ0) is 23.8. The van der Waals surface area contributed by atoms with Crippen LogP contribution in [0, 0.1) is 6.92 Å². The first-order valence-corrected chi connectivity index (χ1v) is 9.43. The molecule has 2 aromatic carbocycles. The molecular formula is C21H16F3N5O4. The second-order valence-electron chi connectivity index (χ2n) is 6.76. The van der Waals surface area contributed by atoms with Gasteiger partial charge in [0.25, 0.3) is 11.5 Å². The molecule has 0 N–H and O–H groups in total. The van der Waals surface area contributed by atoms with Crippen LogP contribution in [0.5, 0.6) is 17.5 Å². The minimum Gasteiger partial charge on any atom is -0.481 e. The number of nitrogens with zero attached hydrogens (tertiary/aromatic N) is 5. The molecule has 4 rings (SSSR count). The van der Waals surface area contributed by atoms with E-state index in [9.17, 15) is 18.0 Å². The lowest BCUT2D eigenvalue weighted by Crippen LogP contribution is -2.25. The number of rotatable bonds is 5. The molecule has 0 bridgehead atoms. The molecule has 2 aromatic heterocycles. The molecule has 0 spiro atoms. The summed E-state index contributed by atoms with van der Waals surface area (Å²) < 4.78 is 52.3. The largest absolute Gasteiger partial charge is 0.573 e. The molecule has 0 fully saturated rings. The second kappa shape index (κ2) is 8.37. The molecule has 0 unspecified atom stereocenters. The van der Waals surface area contributed by atoms with E-state index in [4.69, 9.17) is 9.47 Å². The monoisotopic (exact) mass is 459 g/mol. The van der Waals surface area contributed by atoms with E-state index >= 15 is 0 Å². The summed E-state index contributed by atoms with van der Waals surface area (Å²) in [6.45, 7) is 1.71. The second-order valence-corrected chi connectivity index (χ2v) is 6.76. The van der Waals surface area contributed by atoms with Gasteiger partial charge in [0.1, 0.15) is 11.3 Å². The van der Waals surface area contributed by atoms with Crippen molar-refractivity contribution in [3.8, 4) is 34.6 Å². The van der Waals surface area contributed by atoms with Crippen LogP contribution < -0.4 is 19.8 Å². The third-order valence-electron chi connectivity index (χ3n) is 4.77. The molecular weight excluding hydrogens is 443 g/mol. The zero-order valence-electron chi connectivity index (χ0n) is 17.5. The lowest BCUT2D eigenvalue weighted by Gasteiger charge is -2.12. The van der Waals surface area contributed by atoms with Crippen molar-refractivity contribution < 1.29 is 27.4 Å². The molecule has 0 aliphatic rings. The van der Waals surface area contributed by atoms with Gasteiger partial charge >= 0.3 is 6.36 Å². The first-order valence-electron chi connectivity index (χ1n) is 9.43. The third kappa shape index (κ3) is 4.40. The number of alkyl halides is 3. The van der Waals surface area contributed by atoms with Gasteiger partial charge in [0.15, 0.2) is 0 Å². The van der Waals surface area contributed by atoms with Gasteiger partial charge in [-0.1, -0.05) is 23.4 Å². The van der Waals surface area contributed by atoms with Crippen LogP contribution in [0.1, 0.15) is 5.56 Å². The van der Waals surface area contributed by atoms with Gasteiger partial charge < -0.3 is 14.2 Å². The number of hydrogen-bond acceptors (Lipinski definition) is 8. The molecule has 0 amide bonds. The van der Waals surface area contributed by atoms with Gasteiger partial charge in [-0.15, -0.1) is 23.0 Å². The van der Waals surface area contributed by atoms with Gasteiger partial charge in [0.05, 0.1) is 25.7 Å². The molecule has 9 nitrogen and oxygen atoms in total. The highest BCUT2D eigenvalue weighted by molar-refractivity contribution is 5.88. The maximum Gasteiger partial charge on any atom is 0.573 e. The van der Waals surface area contributed by atoms with E-state index < -0.39 is 11.9 Å². The standard InChI is InChI=1S/C21H16F3N5O4/c1-11-14(12-4-6-13(7-5-12)33-21(22,23)24)8-9-15-18(11)19(30)29(28-27-15)20-25-16(31-2)10-17(26-20)32-3/h4-10H,1-3H3. The average molecular weight is 459 g/mol. The number of aryl methyl sites for hydroxylation is 1. The number of methoxy groups -OCH3 is 2. The SMILES string of the molecule is COc1cc(OC)nc(-n2nnc3ccc(-c4ccc(OC(F)(F)F)cc4)c(C)c3c2=O)n1. The van der Waals surface area contributed by atoms with Crippen LogP contribution in [0.15, 0.2) is 47.3 Å². The Morgan fingerprint density at radius 1 is 0.939 bits per heavy atom. The molecule has 12 heteroatoms. The molecule has 0 saturated heterocycles. The number of fused-ring (bicyclic) bond motifs is 1. The molecule has 0 atom stereocenters. The molecule has 0 saturated carbocycles. The van der Waals surface area contributed by atoms with Gasteiger partial charge in [-0.2, -0.15) is 9.97 Å². The number of ether oxygens (including phenoxy) is 3. The van der Waals surface area contributed by atoms with E-state index in [2.05, 4.69) is 25.0 Å². The van der Waals surface area contributed by atoms with Gasteiger partial charge in [0, 0.05) is 0 Å². The van der Waals surface area contributed by atoms with Crippen molar-refractivity contribution in [3.05, 3.63) is 58.4 Å². The van der Waals surface area contributed by atoms with Gasteiger partial charge in [-0.05, 0) is 41.8 Å². The normalized spacial score (nSPS) is 11.5. The van der Waals surface area contributed by atoms with Crippen molar-refractivity contribution in [1.29, 1.82) is 0 Å². The lowest BCUT2D eigenvalue weighted by molar-refractivity contribution is -0.274. The quantitative estimate of drug-likeness (QED) is 0.447. The maximum atomic E-state index is 13.3. The fraction of sp³-hybridized carbons (Fsp3) is 0.190. The molecule has 170 valence electrons. The van der Waals surface area contributed by atoms with Gasteiger partial charge in [0.2, 0.25) is 11.8 Å². The molecule has 4 aromatic rings. The van der Waals surface area contributed by atoms with Crippen molar-refractivity contribution in [2.75, 3.05) is 14.2 Å². The molecule has 2 heterocycles. The van der Waals surface area contributed by atoms with E-state index in [-0.39, 0.29) is 28.8 Å². The Balaban J connectivity index is 1.83. The van der Waals surface area contributed by atoms with Crippen LogP contribution in [0.3, 0.4) is 0 Å². The third-order valence-corrected chi connectivity index (χ3v) is 4.77. The van der Waals surface area contributed by atoms with Crippen molar-refractivity contribution in [2.24, 2.45) is 0 Å². The topological polar surface area (TPSA) is 101 Å². The summed E-state index contributed by atoms with van der Waals surface area (Å²) in [5.41, 5.74) is 1.57. The van der Waals surface area contributed by atoms with Crippen molar-refractivity contribution in [3.63, 3.8) is 0 Å². The summed E-state index contributed by atoms with van der Waals surface area (Å²) in [6.07, 6.45) is -4.78. The Kier molecular flexibility index (Phi) is 5.58. The van der Waals surface area contributed by atoms with Crippen LogP contribution in [0.25, 0.3) is 28.0 Å². The maximum absolute atomic E-state index is 13.3. The molecule has 0 aliphatic heterocycles. The highest BCUT2D eigenvalue weighted by atomic mass is 19.4. The minimum absolute atomic E-state index is 0.0935. The van der Waals surface area contributed by atoms with Crippen LogP contribution in [-0.2, 0) is 0 Å². The molecule has 0 radical (unpaired) electrons. The highest BCUT2D eigenvalue weighted by Gasteiger charge is 2.31. The number of halogens is 3. The first-order chi connectivity index (χ1) is 15.7. The first kappa shape index (κ1) is 22.0. The van der Waals surface area contributed by atoms with E-state index in [1.165, 1.54) is 44.6 Å². The van der Waals surface area contributed by atoms with Crippen molar-refractivity contribution >= 4 is 10.9 Å². The Hall–Kier alpha value is -4.22. The fourth-order valence-electron chi connectivity index (χ4n) is 3.27. The van der Waals surface area contributed by atoms with Crippen LogP contribution >= 0.6 is 0 Å². The minimum atomic E-state index is -4.78. The van der Waals surface area contributed by atoms with Crippen molar-refractivity contribution in [2.45, 2.75) is 13.3 Å². The summed E-state index contributed by atoms with van der Waals surface area (Å²) in [6, 6.07) is 10.1.